The van der Waals surface area contributed by atoms with Crippen LogP contribution in [-0.2, 0) is 23.8 Å². The monoisotopic (exact) mass is 1070 g/mol. The predicted molar refractivity (Wildman–Crippen MR) is 315 cm³/mol. The van der Waals surface area contributed by atoms with Crippen molar-refractivity contribution in [1.29, 1.82) is 0 Å². The third kappa shape index (κ3) is 43.5. The van der Waals surface area contributed by atoms with Gasteiger partial charge in [0.1, 0.15) is 24.4 Å². The minimum absolute atomic E-state index is 0.00430. The van der Waals surface area contributed by atoms with Crippen LogP contribution < -0.4 is 5.32 Å². The summed E-state index contributed by atoms with van der Waals surface area (Å²) < 4.78 is 16.7. The Balaban J connectivity index is 1.98. The highest BCUT2D eigenvalue weighted by Gasteiger charge is 2.44. The first-order valence-electron chi connectivity index (χ1n) is 31.9. The Kier molecular flexibility index (Phi) is 51.4. The lowest BCUT2D eigenvalue weighted by molar-refractivity contribution is -0.302. The molecule has 1 aliphatic heterocycles. The fourth-order valence-corrected chi connectivity index (χ4v) is 9.94. The van der Waals surface area contributed by atoms with Crippen molar-refractivity contribution in [2.24, 2.45) is 0 Å². The molecule has 1 heterocycles. The predicted octanol–water partition coefficient (Wildman–Crippen LogP) is 15.2. The number of carbonyl (C=O) groups excluding carboxylic acids is 2. The second-order valence-electron chi connectivity index (χ2n) is 22.1. The molecule has 1 aliphatic rings. The Morgan fingerprint density at radius 1 is 0.500 bits per heavy atom. The molecule has 444 valence electrons. The zero-order valence-electron chi connectivity index (χ0n) is 49.0. The van der Waals surface area contributed by atoms with Gasteiger partial charge in [-0.1, -0.05) is 248 Å². The van der Waals surface area contributed by atoms with E-state index in [4.69, 9.17) is 14.2 Å². The molecule has 0 bridgehead atoms. The van der Waals surface area contributed by atoms with Gasteiger partial charge in [-0.2, -0.15) is 0 Å². The molecule has 0 aliphatic carbocycles. The summed E-state index contributed by atoms with van der Waals surface area (Å²) in [6, 6.07) is -0.840. The van der Waals surface area contributed by atoms with E-state index in [0.717, 1.165) is 77.0 Å². The third-order valence-electron chi connectivity index (χ3n) is 15.0. The molecular weight excluding hydrogens is 955 g/mol. The van der Waals surface area contributed by atoms with E-state index in [9.17, 15) is 35.1 Å². The van der Waals surface area contributed by atoms with Crippen LogP contribution in [0.1, 0.15) is 290 Å². The van der Waals surface area contributed by atoms with E-state index in [1.54, 1.807) is 6.08 Å². The molecule has 7 unspecified atom stereocenters. The van der Waals surface area contributed by atoms with Crippen molar-refractivity contribution in [3.63, 3.8) is 0 Å². The van der Waals surface area contributed by atoms with E-state index in [1.807, 2.05) is 19.1 Å². The number of aliphatic hydroxyl groups is 5. The fraction of sp³-hybridized carbons (Fsp3) is 0.846. The van der Waals surface area contributed by atoms with Gasteiger partial charge in [-0.3, -0.25) is 9.59 Å². The van der Waals surface area contributed by atoms with Gasteiger partial charge in [-0.25, -0.2) is 0 Å². The molecule has 11 heteroatoms. The first-order valence-corrected chi connectivity index (χ1v) is 31.9. The summed E-state index contributed by atoms with van der Waals surface area (Å²) in [6.07, 6.45) is 59.7. The van der Waals surface area contributed by atoms with Gasteiger partial charge in [0.25, 0.3) is 0 Å². The van der Waals surface area contributed by atoms with Crippen molar-refractivity contribution in [2.45, 2.75) is 333 Å². The SMILES string of the molecule is C/C=C/CC/C=C/CC/C=C/C(O)C(COC1OC(CO)C(O)C(O)C1O)NC(=O)CCCCCCCCC/C=C\CCCCCCCCCCCOC(=O)CCCCCCCCCCCCCCCCCCCCC. The lowest BCUT2D eigenvalue weighted by Gasteiger charge is -2.40. The number of rotatable bonds is 55. The molecule has 76 heavy (non-hydrogen) atoms. The maximum atomic E-state index is 13.0. The molecule has 1 fully saturated rings. The number of amides is 1. The number of allylic oxidation sites excluding steroid dienone is 7. The van der Waals surface area contributed by atoms with Crippen molar-refractivity contribution in [1.82, 2.24) is 5.32 Å². The average molecular weight is 1070 g/mol. The molecule has 0 radical (unpaired) electrons. The summed E-state index contributed by atoms with van der Waals surface area (Å²) in [4.78, 5) is 25.1. The summed E-state index contributed by atoms with van der Waals surface area (Å²) in [5.41, 5.74) is 0. The lowest BCUT2D eigenvalue weighted by Crippen LogP contribution is -2.60. The van der Waals surface area contributed by atoms with Gasteiger partial charge in [0, 0.05) is 12.8 Å². The molecule has 7 atom stereocenters. The summed E-state index contributed by atoms with van der Waals surface area (Å²) in [5.74, 6) is -0.213. The van der Waals surface area contributed by atoms with Gasteiger partial charge in [-0.05, 0) is 77.6 Å². The molecular formula is C65H119NO10. The Bertz CT molecular complexity index is 1400. The van der Waals surface area contributed by atoms with E-state index < -0.39 is 49.5 Å². The van der Waals surface area contributed by atoms with Crippen LogP contribution in [0.5, 0.6) is 0 Å². The minimum atomic E-state index is -1.58. The highest BCUT2D eigenvalue weighted by Crippen LogP contribution is 2.23. The van der Waals surface area contributed by atoms with Crippen molar-refractivity contribution in [2.75, 3.05) is 19.8 Å². The first kappa shape index (κ1) is 71.6. The second kappa shape index (κ2) is 54.6. The first-order chi connectivity index (χ1) is 37.2. The summed E-state index contributed by atoms with van der Waals surface area (Å²) >= 11 is 0. The van der Waals surface area contributed by atoms with Gasteiger partial charge in [0.2, 0.25) is 5.91 Å². The summed E-state index contributed by atoms with van der Waals surface area (Å²) in [5, 5.41) is 54.1. The topological polar surface area (TPSA) is 175 Å². The molecule has 0 aromatic carbocycles. The molecule has 11 nitrogen and oxygen atoms in total. The maximum absolute atomic E-state index is 13.0. The third-order valence-corrected chi connectivity index (χ3v) is 15.0. The van der Waals surface area contributed by atoms with E-state index in [2.05, 4.69) is 42.6 Å². The number of nitrogens with one attached hydrogen (secondary N) is 1. The Hall–Kier alpha value is -2.38. The van der Waals surface area contributed by atoms with Gasteiger partial charge in [0.05, 0.1) is 32.0 Å². The zero-order chi connectivity index (χ0) is 55.2. The fourth-order valence-electron chi connectivity index (χ4n) is 9.94. The van der Waals surface area contributed by atoms with Gasteiger partial charge in [0.15, 0.2) is 6.29 Å². The van der Waals surface area contributed by atoms with Crippen LogP contribution in [0.2, 0.25) is 0 Å². The molecule has 1 rings (SSSR count). The Morgan fingerprint density at radius 3 is 1.38 bits per heavy atom. The maximum Gasteiger partial charge on any atom is 0.305 e. The molecule has 6 N–H and O–H groups in total. The number of aliphatic hydroxyl groups excluding tert-OH is 5. The molecule has 0 spiro atoms. The smallest absolute Gasteiger partial charge is 0.305 e. The van der Waals surface area contributed by atoms with Crippen LogP contribution in [0.25, 0.3) is 0 Å². The normalized spacial score (nSPS) is 19.0. The standard InChI is InChI=1S/C65H119NO10/c1-3-5-7-9-11-13-14-15-16-17-20-24-27-30-33-37-41-45-49-53-61(70)74-54-50-46-42-38-34-31-28-25-22-19-18-21-23-26-29-32-36-40-44-48-52-60(69)66-57(58(68)51-47-43-39-35-12-10-8-6-4-2)56-75-65-64(73)63(72)62(71)59(55-67)76-65/h4,6,12,18,21,35,47,51,57-59,62-65,67-68,71-73H,3,5,7-11,13-17,19-20,22-34,36-46,48-50,52-56H2,1-2H3,(H,66,69)/b6-4+,21-18-,35-12+,51-47+. The second-order valence-corrected chi connectivity index (χ2v) is 22.1. The molecule has 1 saturated heterocycles. The van der Waals surface area contributed by atoms with Crippen LogP contribution in [0.15, 0.2) is 48.6 Å². The van der Waals surface area contributed by atoms with E-state index in [0.29, 0.717) is 25.9 Å². The molecule has 1 amide bonds. The Morgan fingerprint density at radius 2 is 0.908 bits per heavy atom. The van der Waals surface area contributed by atoms with Crippen LogP contribution in [0, 0.1) is 0 Å². The number of esters is 1. The zero-order valence-corrected chi connectivity index (χ0v) is 49.0. The largest absolute Gasteiger partial charge is 0.466 e. The number of ether oxygens (including phenoxy) is 3. The van der Waals surface area contributed by atoms with E-state index >= 15 is 0 Å². The number of hydrogen-bond acceptors (Lipinski definition) is 10. The summed E-state index contributed by atoms with van der Waals surface area (Å²) in [7, 11) is 0. The molecule has 0 saturated carbocycles. The lowest BCUT2D eigenvalue weighted by atomic mass is 9.99. The van der Waals surface area contributed by atoms with E-state index in [-0.39, 0.29) is 18.5 Å². The van der Waals surface area contributed by atoms with Crippen molar-refractivity contribution in [3.8, 4) is 0 Å². The highest BCUT2D eigenvalue weighted by atomic mass is 16.7. The van der Waals surface area contributed by atoms with Crippen molar-refractivity contribution < 1.29 is 49.3 Å². The van der Waals surface area contributed by atoms with Crippen LogP contribution >= 0.6 is 0 Å². The number of unbranched alkanes of at least 4 members (excludes halogenated alkanes) is 36. The van der Waals surface area contributed by atoms with Crippen molar-refractivity contribution >= 4 is 11.9 Å². The quantitative estimate of drug-likeness (QED) is 0.0195. The van der Waals surface area contributed by atoms with Gasteiger partial charge < -0.3 is 45.1 Å². The highest BCUT2D eigenvalue weighted by molar-refractivity contribution is 5.76. The van der Waals surface area contributed by atoms with Crippen LogP contribution in [0.3, 0.4) is 0 Å². The van der Waals surface area contributed by atoms with Crippen LogP contribution in [0.4, 0.5) is 0 Å². The number of hydrogen-bond donors (Lipinski definition) is 6. The molecule has 0 aromatic heterocycles. The Labute approximate surface area is 466 Å². The van der Waals surface area contributed by atoms with E-state index in [1.165, 1.54) is 180 Å². The van der Waals surface area contributed by atoms with Gasteiger partial charge >= 0.3 is 5.97 Å². The minimum Gasteiger partial charge on any atom is -0.466 e. The number of carbonyl (C=O) groups is 2. The molecule has 0 aromatic rings. The van der Waals surface area contributed by atoms with Crippen LogP contribution in [-0.4, -0.2) is 100 Å². The summed E-state index contributed by atoms with van der Waals surface area (Å²) in [6.45, 7) is 4.09. The van der Waals surface area contributed by atoms with Crippen molar-refractivity contribution in [3.05, 3.63) is 48.6 Å². The average Bonchev–Trinajstić information content (AvgIpc) is 3.42. The van der Waals surface area contributed by atoms with Gasteiger partial charge in [-0.15, -0.1) is 0 Å².